The zero-order valence-corrected chi connectivity index (χ0v) is 13.7. The maximum Gasteiger partial charge on any atom is 0.307 e. The van der Waals surface area contributed by atoms with E-state index in [2.05, 4.69) is 10.5 Å². The van der Waals surface area contributed by atoms with Crippen molar-refractivity contribution in [1.82, 2.24) is 5.43 Å². The summed E-state index contributed by atoms with van der Waals surface area (Å²) in [6.45, 7) is 2.46. The molecule has 0 aliphatic carbocycles. The van der Waals surface area contributed by atoms with Crippen molar-refractivity contribution < 1.29 is 13.9 Å². The molecule has 2 aromatic carbocycles. The molecule has 24 heavy (non-hydrogen) atoms. The maximum atomic E-state index is 12.1. The van der Waals surface area contributed by atoms with Crippen LogP contribution in [-0.4, -0.2) is 18.7 Å². The first-order valence-corrected chi connectivity index (χ1v) is 7.79. The number of halogens is 1. The van der Waals surface area contributed by atoms with Gasteiger partial charge in [-0.15, -0.1) is 0 Å². The first-order chi connectivity index (χ1) is 11.7. The number of fused-ring (bicyclic) bond motifs is 1. The summed E-state index contributed by atoms with van der Waals surface area (Å²) in [5.41, 5.74) is 3.81. The third-order valence-corrected chi connectivity index (χ3v) is 3.53. The third-order valence-electron chi connectivity index (χ3n) is 3.29. The Morgan fingerprint density at radius 3 is 2.96 bits per heavy atom. The molecule has 0 spiro atoms. The van der Waals surface area contributed by atoms with Crippen molar-refractivity contribution >= 4 is 34.7 Å². The lowest BCUT2D eigenvalue weighted by atomic mass is 10.2. The Kier molecular flexibility index (Phi) is 4.82. The molecular weight excluding hydrogens is 328 g/mol. The molecule has 0 saturated carbocycles. The van der Waals surface area contributed by atoms with Gasteiger partial charge in [-0.25, -0.2) is 5.43 Å². The van der Waals surface area contributed by atoms with Crippen LogP contribution in [0.4, 0.5) is 0 Å². The van der Waals surface area contributed by atoms with Crippen LogP contribution >= 0.6 is 11.6 Å². The Bertz CT molecular complexity index is 902. The standard InChI is InChI=1S/C18H15ClN2O3/c1-2-23-15-6-4-3-5-12(15)11-20-21-18(22)17-10-13-9-14(19)7-8-16(13)24-17/h3-11H,2H2,1H3,(H,21,22)/b20-11+. The van der Waals surface area contributed by atoms with E-state index < -0.39 is 5.91 Å². The monoisotopic (exact) mass is 342 g/mol. The van der Waals surface area contributed by atoms with Crippen molar-refractivity contribution in [1.29, 1.82) is 0 Å². The number of para-hydroxylation sites is 1. The number of benzene rings is 2. The summed E-state index contributed by atoms with van der Waals surface area (Å²) in [4.78, 5) is 12.1. The molecule has 0 aliphatic heterocycles. The molecule has 0 aliphatic rings. The highest BCUT2D eigenvalue weighted by Crippen LogP contribution is 2.23. The van der Waals surface area contributed by atoms with Gasteiger partial charge in [-0.3, -0.25) is 4.79 Å². The van der Waals surface area contributed by atoms with E-state index in [1.807, 2.05) is 31.2 Å². The van der Waals surface area contributed by atoms with E-state index in [9.17, 15) is 4.79 Å². The second kappa shape index (κ2) is 7.19. The Morgan fingerprint density at radius 2 is 2.12 bits per heavy atom. The molecule has 1 N–H and O–H groups in total. The molecule has 0 radical (unpaired) electrons. The quantitative estimate of drug-likeness (QED) is 0.557. The first kappa shape index (κ1) is 16.1. The number of furan rings is 1. The minimum absolute atomic E-state index is 0.169. The van der Waals surface area contributed by atoms with Gasteiger partial charge in [0.15, 0.2) is 5.76 Å². The van der Waals surface area contributed by atoms with Crippen molar-refractivity contribution in [3.05, 3.63) is 64.9 Å². The number of nitrogens with one attached hydrogen (secondary N) is 1. The van der Waals surface area contributed by atoms with Crippen LogP contribution in [0.1, 0.15) is 23.0 Å². The van der Waals surface area contributed by atoms with Crippen molar-refractivity contribution in [2.24, 2.45) is 5.10 Å². The van der Waals surface area contributed by atoms with Gasteiger partial charge in [0, 0.05) is 16.0 Å². The van der Waals surface area contributed by atoms with Gasteiger partial charge in [-0.1, -0.05) is 23.7 Å². The Balaban J connectivity index is 1.72. The first-order valence-electron chi connectivity index (χ1n) is 7.41. The summed E-state index contributed by atoms with van der Waals surface area (Å²) in [7, 11) is 0. The molecule has 3 rings (SSSR count). The summed E-state index contributed by atoms with van der Waals surface area (Å²) >= 11 is 5.92. The van der Waals surface area contributed by atoms with Crippen LogP contribution in [0.5, 0.6) is 5.75 Å². The van der Waals surface area contributed by atoms with Crippen LogP contribution in [0.2, 0.25) is 5.02 Å². The molecule has 1 aromatic heterocycles. The predicted octanol–water partition coefficient (Wildman–Crippen LogP) is 4.25. The average Bonchev–Trinajstić information content (AvgIpc) is 3.00. The lowest BCUT2D eigenvalue weighted by molar-refractivity contribution is 0.0929. The average molecular weight is 343 g/mol. The minimum atomic E-state index is -0.438. The van der Waals surface area contributed by atoms with Gasteiger partial charge in [-0.05, 0) is 43.3 Å². The summed E-state index contributed by atoms with van der Waals surface area (Å²) < 4.78 is 11.0. The molecule has 0 atom stereocenters. The highest BCUT2D eigenvalue weighted by Gasteiger charge is 2.11. The molecular formula is C18H15ClN2O3. The van der Waals surface area contributed by atoms with Gasteiger partial charge in [-0.2, -0.15) is 5.10 Å². The van der Waals surface area contributed by atoms with Crippen LogP contribution < -0.4 is 10.2 Å². The second-order valence-corrected chi connectivity index (χ2v) is 5.40. The fourth-order valence-corrected chi connectivity index (χ4v) is 2.40. The Labute approximate surface area is 143 Å². The molecule has 5 nitrogen and oxygen atoms in total. The van der Waals surface area contributed by atoms with Crippen LogP contribution in [0.3, 0.4) is 0 Å². The number of ether oxygens (including phenoxy) is 1. The number of amides is 1. The predicted molar refractivity (Wildman–Crippen MR) is 93.9 cm³/mol. The Morgan fingerprint density at radius 1 is 1.29 bits per heavy atom. The lowest BCUT2D eigenvalue weighted by Gasteiger charge is -2.05. The van der Waals surface area contributed by atoms with E-state index in [4.69, 9.17) is 20.8 Å². The second-order valence-electron chi connectivity index (χ2n) is 4.96. The van der Waals surface area contributed by atoms with E-state index >= 15 is 0 Å². The molecule has 0 saturated heterocycles. The van der Waals surface area contributed by atoms with Crippen LogP contribution in [0, 0.1) is 0 Å². The topological polar surface area (TPSA) is 63.8 Å². The van der Waals surface area contributed by atoms with Crippen molar-refractivity contribution in [2.45, 2.75) is 6.92 Å². The van der Waals surface area contributed by atoms with E-state index in [1.54, 1.807) is 24.3 Å². The number of rotatable bonds is 5. The van der Waals surface area contributed by atoms with E-state index in [0.29, 0.717) is 23.0 Å². The highest BCUT2D eigenvalue weighted by atomic mass is 35.5. The molecule has 0 unspecified atom stereocenters. The molecule has 3 aromatic rings. The van der Waals surface area contributed by atoms with Gasteiger partial charge in [0.1, 0.15) is 11.3 Å². The van der Waals surface area contributed by atoms with Crippen LogP contribution in [0.15, 0.2) is 58.0 Å². The van der Waals surface area contributed by atoms with Crippen molar-refractivity contribution in [2.75, 3.05) is 6.61 Å². The highest BCUT2D eigenvalue weighted by molar-refractivity contribution is 6.31. The summed E-state index contributed by atoms with van der Waals surface area (Å²) in [5.74, 6) is 0.436. The molecule has 1 heterocycles. The van der Waals surface area contributed by atoms with Crippen LogP contribution in [0.25, 0.3) is 11.0 Å². The summed E-state index contributed by atoms with van der Waals surface area (Å²) in [5, 5.41) is 5.30. The van der Waals surface area contributed by atoms with E-state index in [1.165, 1.54) is 6.21 Å². The van der Waals surface area contributed by atoms with E-state index in [-0.39, 0.29) is 5.76 Å². The summed E-state index contributed by atoms with van der Waals surface area (Å²) in [6.07, 6.45) is 1.53. The zero-order chi connectivity index (χ0) is 16.9. The molecule has 6 heteroatoms. The van der Waals surface area contributed by atoms with Gasteiger partial charge in [0.05, 0.1) is 12.8 Å². The molecule has 122 valence electrons. The molecule has 0 fully saturated rings. The van der Waals surface area contributed by atoms with Gasteiger partial charge in [0.25, 0.3) is 0 Å². The lowest BCUT2D eigenvalue weighted by Crippen LogP contribution is -2.16. The fraction of sp³-hybridized carbons (Fsp3) is 0.111. The van der Waals surface area contributed by atoms with Gasteiger partial charge < -0.3 is 9.15 Å². The number of hydrogen-bond donors (Lipinski definition) is 1. The largest absolute Gasteiger partial charge is 0.493 e. The number of hydrogen-bond acceptors (Lipinski definition) is 4. The number of carbonyl (C=O) groups excluding carboxylic acids is 1. The number of hydrazone groups is 1. The smallest absolute Gasteiger partial charge is 0.307 e. The Hall–Kier alpha value is -2.79. The van der Waals surface area contributed by atoms with E-state index in [0.717, 1.165) is 10.9 Å². The molecule has 1 amide bonds. The van der Waals surface area contributed by atoms with Gasteiger partial charge >= 0.3 is 5.91 Å². The molecule has 0 bridgehead atoms. The minimum Gasteiger partial charge on any atom is -0.493 e. The summed E-state index contributed by atoms with van der Waals surface area (Å²) in [6, 6.07) is 14.2. The normalized spacial score (nSPS) is 11.1. The number of nitrogens with zero attached hydrogens (tertiary/aromatic N) is 1. The SMILES string of the molecule is CCOc1ccccc1/C=N/NC(=O)c1cc2cc(Cl)ccc2o1. The van der Waals surface area contributed by atoms with Gasteiger partial charge in [0.2, 0.25) is 0 Å². The van der Waals surface area contributed by atoms with Crippen LogP contribution in [-0.2, 0) is 0 Å². The van der Waals surface area contributed by atoms with Crippen molar-refractivity contribution in [3.63, 3.8) is 0 Å². The maximum absolute atomic E-state index is 12.1. The zero-order valence-electron chi connectivity index (χ0n) is 13.0. The fourth-order valence-electron chi connectivity index (χ4n) is 2.22. The van der Waals surface area contributed by atoms with Crippen molar-refractivity contribution in [3.8, 4) is 5.75 Å². The third kappa shape index (κ3) is 3.58. The number of carbonyl (C=O) groups is 1.